The summed E-state index contributed by atoms with van der Waals surface area (Å²) < 4.78 is 20.6. The Labute approximate surface area is 131 Å². The van der Waals surface area contributed by atoms with Gasteiger partial charge < -0.3 is 18.6 Å². The van der Waals surface area contributed by atoms with Crippen molar-refractivity contribution in [1.82, 2.24) is 9.97 Å². The zero-order chi connectivity index (χ0) is 16.4. The van der Waals surface area contributed by atoms with Gasteiger partial charge in [0.2, 0.25) is 5.88 Å². The molecule has 0 aliphatic carbocycles. The molecule has 0 amide bonds. The monoisotopic (exact) mass is 314 g/mol. The predicted molar refractivity (Wildman–Crippen MR) is 83.2 cm³/mol. The molecule has 7 heteroatoms. The van der Waals surface area contributed by atoms with Gasteiger partial charge in [-0.1, -0.05) is 0 Å². The van der Waals surface area contributed by atoms with Crippen molar-refractivity contribution < 1.29 is 18.6 Å². The van der Waals surface area contributed by atoms with Crippen molar-refractivity contribution in [2.75, 3.05) is 21.3 Å². The Morgan fingerprint density at radius 3 is 2.30 bits per heavy atom. The maximum atomic E-state index is 12.3. The van der Waals surface area contributed by atoms with Crippen LogP contribution in [0.2, 0.25) is 0 Å². The van der Waals surface area contributed by atoms with E-state index < -0.39 is 5.63 Å². The number of benzene rings is 1. The average Bonchev–Trinajstić information content (AvgIpc) is 2.60. The topological polar surface area (TPSA) is 83.7 Å². The molecule has 0 saturated heterocycles. The molecular weight excluding hydrogens is 300 g/mol. The van der Waals surface area contributed by atoms with E-state index in [9.17, 15) is 4.79 Å². The highest BCUT2D eigenvalue weighted by Gasteiger charge is 2.16. The van der Waals surface area contributed by atoms with Gasteiger partial charge in [-0.3, -0.25) is 0 Å². The molecular formula is C16H14N2O5. The van der Waals surface area contributed by atoms with E-state index in [2.05, 4.69) is 9.97 Å². The number of rotatable bonds is 4. The second kappa shape index (κ2) is 5.96. The lowest BCUT2D eigenvalue weighted by Crippen LogP contribution is -2.06. The van der Waals surface area contributed by atoms with Crippen LogP contribution in [0.4, 0.5) is 0 Å². The van der Waals surface area contributed by atoms with Gasteiger partial charge in [0.1, 0.15) is 16.9 Å². The summed E-state index contributed by atoms with van der Waals surface area (Å²) in [7, 11) is 4.44. The Morgan fingerprint density at radius 1 is 0.957 bits per heavy atom. The lowest BCUT2D eigenvalue weighted by molar-refractivity contribution is 0.355. The van der Waals surface area contributed by atoms with Gasteiger partial charge in [-0.2, -0.15) is 9.97 Å². The van der Waals surface area contributed by atoms with Crippen LogP contribution >= 0.6 is 0 Å². The minimum absolute atomic E-state index is 0.112. The van der Waals surface area contributed by atoms with E-state index in [4.69, 9.17) is 18.6 Å². The number of aromatic nitrogens is 2. The minimum Gasteiger partial charge on any atom is -0.497 e. The van der Waals surface area contributed by atoms with Crippen LogP contribution < -0.4 is 19.8 Å². The predicted octanol–water partition coefficient (Wildman–Crippen LogP) is 2.28. The van der Waals surface area contributed by atoms with Crippen LogP contribution in [-0.4, -0.2) is 31.3 Å². The maximum absolute atomic E-state index is 12.3. The van der Waals surface area contributed by atoms with Crippen molar-refractivity contribution in [1.29, 1.82) is 0 Å². The van der Waals surface area contributed by atoms with Gasteiger partial charge in [0.05, 0.1) is 26.8 Å². The highest BCUT2D eigenvalue weighted by Crippen LogP contribution is 2.27. The summed E-state index contributed by atoms with van der Waals surface area (Å²) >= 11 is 0. The molecule has 3 aromatic rings. The SMILES string of the molecule is COc1ccc(-c2cc3nc(OC)nc(OC)c3c(=O)o2)cc1. The molecule has 0 aliphatic rings. The number of fused-ring (bicyclic) bond motifs is 1. The molecule has 0 spiro atoms. The van der Waals surface area contributed by atoms with E-state index in [0.29, 0.717) is 17.0 Å². The summed E-state index contributed by atoms with van der Waals surface area (Å²) in [4.78, 5) is 20.5. The van der Waals surface area contributed by atoms with E-state index in [1.807, 2.05) is 0 Å². The second-order valence-electron chi connectivity index (χ2n) is 4.61. The smallest absolute Gasteiger partial charge is 0.351 e. The van der Waals surface area contributed by atoms with Crippen LogP contribution in [-0.2, 0) is 0 Å². The van der Waals surface area contributed by atoms with E-state index in [1.165, 1.54) is 14.2 Å². The fourth-order valence-electron chi connectivity index (χ4n) is 2.17. The molecule has 7 nitrogen and oxygen atoms in total. The molecule has 3 rings (SSSR count). The van der Waals surface area contributed by atoms with Gasteiger partial charge in [0.15, 0.2) is 0 Å². The first-order valence-electron chi connectivity index (χ1n) is 6.74. The van der Waals surface area contributed by atoms with Crippen molar-refractivity contribution in [3.8, 4) is 29.0 Å². The summed E-state index contributed by atoms with van der Waals surface area (Å²) in [6, 6.07) is 8.89. The highest BCUT2D eigenvalue weighted by molar-refractivity contribution is 5.85. The molecule has 2 heterocycles. The van der Waals surface area contributed by atoms with Crippen LogP contribution in [0.25, 0.3) is 22.2 Å². The second-order valence-corrected chi connectivity index (χ2v) is 4.61. The Hall–Kier alpha value is -3.09. The fourth-order valence-corrected chi connectivity index (χ4v) is 2.17. The number of hydrogen-bond acceptors (Lipinski definition) is 7. The molecule has 0 fully saturated rings. The fraction of sp³-hybridized carbons (Fsp3) is 0.188. The van der Waals surface area contributed by atoms with E-state index >= 15 is 0 Å². The van der Waals surface area contributed by atoms with E-state index in [-0.39, 0.29) is 17.3 Å². The lowest BCUT2D eigenvalue weighted by Gasteiger charge is -2.07. The maximum Gasteiger partial charge on any atom is 0.351 e. The summed E-state index contributed by atoms with van der Waals surface area (Å²) in [5.41, 5.74) is 0.532. The average molecular weight is 314 g/mol. The third-order valence-electron chi connectivity index (χ3n) is 3.31. The van der Waals surface area contributed by atoms with Crippen molar-refractivity contribution in [3.63, 3.8) is 0 Å². The van der Waals surface area contributed by atoms with Crippen LogP contribution in [0.1, 0.15) is 0 Å². The summed E-state index contributed by atoms with van der Waals surface area (Å²) in [5.74, 6) is 1.21. The molecule has 23 heavy (non-hydrogen) atoms. The van der Waals surface area contributed by atoms with Crippen molar-refractivity contribution in [2.45, 2.75) is 0 Å². The first kappa shape index (κ1) is 14.8. The molecule has 2 aromatic heterocycles. The number of nitrogens with zero attached hydrogens (tertiary/aromatic N) is 2. The van der Waals surface area contributed by atoms with Gasteiger partial charge in [-0.25, -0.2) is 4.79 Å². The van der Waals surface area contributed by atoms with Crippen LogP contribution in [0.5, 0.6) is 17.6 Å². The Kier molecular flexibility index (Phi) is 3.84. The molecule has 0 unspecified atom stereocenters. The number of hydrogen-bond donors (Lipinski definition) is 0. The Morgan fingerprint density at radius 2 is 1.70 bits per heavy atom. The molecule has 118 valence electrons. The molecule has 0 radical (unpaired) electrons. The minimum atomic E-state index is -0.576. The van der Waals surface area contributed by atoms with E-state index in [0.717, 1.165) is 5.56 Å². The van der Waals surface area contributed by atoms with Gasteiger partial charge in [-0.05, 0) is 24.3 Å². The van der Waals surface area contributed by atoms with Gasteiger partial charge in [0.25, 0.3) is 0 Å². The quantitative estimate of drug-likeness (QED) is 0.730. The first-order valence-corrected chi connectivity index (χ1v) is 6.74. The van der Waals surface area contributed by atoms with Crippen LogP contribution in [0, 0.1) is 0 Å². The summed E-state index contributed by atoms with van der Waals surface area (Å²) in [6.45, 7) is 0. The van der Waals surface area contributed by atoms with Gasteiger partial charge in [-0.15, -0.1) is 0 Å². The number of ether oxygens (including phenoxy) is 3. The van der Waals surface area contributed by atoms with Gasteiger partial charge in [0, 0.05) is 11.6 Å². The normalized spacial score (nSPS) is 10.6. The third kappa shape index (κ3) is 2.68. The van der Waals surface area contributed by atoms with Crippen LogP contribution in [0.15, 0.2) is 39.5 Å². The summed E-state index contributed by atoms with van der Waals surface area (Å²) in [5, 5.41) is 0.172. The molecule has 0 N–H and O–H groups in total. The standard InChI is InChI=1S/C16H14N2O5/c1-20-10-6-4-9(5-7-10)12-8-11-13(15(19)23-12)14(21-2)18-16(17-11)22-3/h4-8H,1-3H3. The zero-order valence-corrected chi connectivity index (χ0v) is 12.8. The molecule has 0 saturated carbocycles. The first-order chi connectivity index (χ1) is 11.2. The summed E-state index contributed by atoms with van der Waals surface area (Å²) in [6.07, 6.45) is 0. The Bertz CT molecular complexity index is 903. The number of methoxy groups -OCH3 is 3. The highest BCUT2D eigenvalue weighted by atomic mass is 16.5. The van der Waals surface area contributed by atoms with E-state index in [1.54, 1.807) is 37.4 Å². The molecule has 0 aliphatic heterocycles. The molecule has 0 bridgehead atoms. The van der Waals surface area contributed by atoms with Crippen LogP contribution in [0.3, 0.4) is 0 Å². The van der Waals surface area contributed by atoms with Gasteiger partial charge >= 0.3 is 11.6 Å². The van der Waals surface area contributed by atoms with Crippen molar-refractivity contribution >= 4 is 10.9 Å². The van der Waals surface area contributed by atoms with Crippen molar-refractivity contribution in [2.24, 2.45) is 0 Å². The lowest BCUT2D eigenvalue weighted by atomic mass is 10.1. The Balaban J connectivity index is 2.21. The molecule has 0 atom stereocenters. The molecule has 1 aromatic carbocycles. The largest absolute Gasteiger partial charge is 0.497 e. The zero-order valence-electron chi connectivity index (χ0n) is 12.8. The van der Waals surface area contributed by atoms with Crippen molar-refractivity contribution in [3.05, 3.63) is 40.8 Å². The third-order valence-corrected chi connectivity index (χ3v) is 3.31.